The molecule has 152 valence electrons. The molecule has 3 aromatic rings. The lowest BCUT2D eigenvalue weighted by atomic mass is 10.1. The fourth-order valence-corrected chi connectivity index (χ4v) is 4.43. The maximum atomic E-state index is 12.8. The van der Waals surface area contributed by atoms with Gasteiger partial charge in [-0.15, -0.1) is 0 Å². The highest BCUT2D eigenvalue weighted by Crippen LogP contribution is 2.23. The molecule has 0 aliphatic carbocycles. The summed E-state index contributed by atoms with van der Waals surface area (Å²) in [5, 5.41) is 2.91. The molecule has 0 radical (unpaired) electrons. The van der Waals surface area contributed by atoms with Crippen molar-refractivity contribution >= 4 is 34.4 Å². The lowest BCUT2D eigenvalue weighted by molar-refractivity contribution is 0.102. The summed E-state index contributed by atoms with van der Waals surface area (Å²) in [7, 11) is 0. The zero-order valence-corrected chi connectivity index (χ0v) is 16.9. The van der Waals surface area contributed by atoms with E-state index in [4.69, 9.17) is 0 Å². The number of carbonyl (C=O) groups is 1. The van der Waals surface area contributed by atoms with Crippen LogP contribution in [0.25, 0.3) is 11.0 Å². The van der Waals surface area contributed by atoms with E-state index < -0.39 is 12.2 Å². The van der Waals surface area contributed by atoms with Crippen LogP contribution in [-0.4, -0.2) is 45.4 Å². The van der Waals surface area contributed by atoms with E-state index in [1.807, 2.05) is 30.8 Å². The Morgan fingerprint density at radius 2 is 2.03 bits per heavy atom. The standard InChI is InChI=1S/C21H22F2N4OS/c1-13-10-14(12-27-6-8-29-9-7-27)2-4-16(13)26-21(28)15-3-5-17-18(11-15)25-20(24-17)19(22)23/h2-5,10-11,19H,6-9,12H2,1H3,(H,24,25)(H,26,28). The molecular weight excluding hydrogens is 394 g/mol. The van der Waals surface area contributed by atoms with Crippen LogP contribution in [0.2, 0.25) is 0 Å². The van der Waals surface area contributed by atoms with Crippen LogP contribution in [0.5, 0.6) is 0 Å². The molecule has 2 aromatic carbocycles. The van der Waals surface area contributed by atoms with Gasteiger partial charge >= 0.3 is 0 Å². The number of aromatic amines is 1. The summed E-state index contributed by atoms with van der Waals surface area (Å²) >= 11 is 1.99. The minimum absolute atomic E-state index is 0.288. The molecule has 1 aliphatic heterocycles. The molecule has 1 amide bonds. The van der Waals surface area contributed by atoms with Crippen molar-refractivity contribution in [2.45, 2.75) is 19.9 Å². The number of aromatic nitrogens is 2. The van der Waals surface area contributed by atoms with E-state index in [9.17, 15) is 13.6 Å². The number of thioether (sulfide) groups is 1. The van der Waals surface area contributed by atoms with Gasteiger partial charge in [-0.1, -0.05) is 12.1 Å². The molecule has 0 bridgehead atoms. The van der Waals surface area contributed by atoms with Gasteiger partial charge in [-0.05, 0) is 42.3 Å². The minimum Gasteiger partial charge on any atom is -0.337 e. The highest BCUT2D eigenvalue weighted by molar-refractivity contribution is 7.99. The molecule has 1 aliphatic rings. The molecule has 4 rings (SSSR count). The lowest BCUT2D eigenvalue weighted by Crippen LogP contribution is -2.31. The van der Waals surface area contributed by atoms with Gasteiger partial charge in [0.15, 0.2) is 5.82 Å². The molecule has 8 heteroatoms. The Balaban J connectivity index is 1.46. The number of hydrogen-bond acceptors (Lipinski definition) is 4. The summed E-state index contributed by atoms with van der Waals surface area (Å²) in [5.74, 6) is 1.67. The van der Waals surface area contributed by atoms with Gasteiger partial charge in [0, 0.05) is 42.4 Å². The Bertz CT molecular complexity index is 1030. The van der Waals surface area contributed by atoms with E-state index in [0.717, 1.165) is 30.9 Å². The van der Waals surface area contributed by atoms with Gasteiger partial charge in [0.05, 0.1) is 11.0 Å². The number of nitrogens with one attached hydrogen (secondary N) is 2. The number of fused-ring (bicyclic) bond motifs is 1. The SMILES string of the molecule is Cc1cc(CN2CCSCC2)ccc1NC(=O)c1ccc2nc(C(F)F)[nH]c2c1. The first-order valence-corrected chi connectivity index (χ1v) is 10.6. The third-order valence-corrected chi connectivity index (χ3v) is 5.96. The third kappa shape index (κ3) is 4.59. The van der Waals surface area contributed by atoms with Gasteiger partial charge in [-0.25, -0.2) is 13.8 Å². The smallest absolute Gasteiger partial charge is 0.295 e. The Morgan fingerprint density at radius 1 is 1.24 bits per heavy atom. The molecule has 29 heavy (non-hydrogen) atoms. The van der Waals surface area contributed by atoms with E-state index in [-0.39, 0.29) is 5.91 Å². The predicted octanol–water partition coefficient (Wildman–Crippen LogP) is 4.61. The predicted molar refractivity (Wildman–Crippen MR) is 113 cm³/mol. The monoisotopic (exact) mass is 416 g/mol. The number of alkyl halides is 2. The van der Waals surface area contributed by atoms with Gasteiger partial charge < -0.3 is 10.3 Å². The van der Waals surface area contributed by atoms with E-state index in [1.165, 1.54) is 17.1 Å². The normalized spacial score (nSPS) is 15.2. The van der Waals surface area contributed by atoms with Crippen molar-refractivity contribution in [1.29, 1.82) is 0 Å². The van der Waals surface area contributed by atoms with Crippen LogP contribution >= 0.6 is 11.8 Å². The van der Waals surface area contributed by atoms with Crippen molar-refractivity contribution in [2.24, 2.45) is 0 Å². The maximum absolute atomic E-state index is 12.8. The van der Waals surface area contributed by atoms with Crippen molar-refractivity contribution in [3.8, 4) is 0 Å². The first-order chi connectivity index (χ1) is 14.0. The number of anilines is 1. The first kappa shape index (κ1) is 19.8. The summed E-state index contributed by atoms with van der Waals surface area (Å²) in [4.78, 5) is 21.5. The molecule has 0 unspecified atom stereocenters. The number of imidazole rings is 1. The van der Waals surface area contributed by atoms with E-state index in [0.29, 0.717) is 16.6 Å². The summed E-state index contributed by atoms with van der Waals surface area (Å²) in [6.45, 7) is 5.09. The highest BCUT2D eigenvalue weighted by Gasteiger charge is 2.15. The zero-order chi connectivity index (χ0) is 20.4. The number of halogens is 2. The summed E-state index contributed by atoms with van der Waals surface area (Å²) in [6, 6.07) is 10.8. The molecule has 1 saturated heterocycles. The lowest BCUT2D eigenvalue weighted by Gasteiger charge is -2.26. The van der Waals surface area contributed by atoms with Gasteiger partial charge in [0.1, 0.15) is 0 Å². The van der Waals surface area contributed by atoms with Crippen molar-refractivity contribution < 1.29 is 13.6 Å². The summed E-state index contributed by atoms with van der Waals surface area (Å²) in [5.41, 5.74) is 4.17. The Kier molecular flexibility index (Phi) is 5.82. The molecule has 0 spiro atoms. The molecule has 5 nitrogen and oxygen atoms in total. The van der Waals surface area contributed by atoms with Gasteiger partial charge in [0.25, 0.3) is 12.3 Å². The van der Waals surface area contributed by atoms with E-state index in [1.54, 1.807) is 18.2 Å². The fourth-order valence-electron chi connectivity index (χ4n) is 3.45. The Morgan fingerprint density at radius 3 is 2.76 bits per heavy atom. The van der Waals surface area contributed by atoms with E-state index >= 15 is 0 Å². The number of aryl methyl sites for hydroxylation is 1. The second-order valence-corrected chi connectivity index (χ2v) is 8.37. The van der Waals surface area contributed by atoms with Gasteiger partial charge in [-0.3, -0.25) is 9.69 Å². The van der Waals surface area contributed by atoms with Crippen molar-refractivity contribution in [3.63, 3.8) is 0 Å². The van der Waals surface area contributed by atoms with Crippen LogP contribution < -0.4 is 5.32 Å². The number of amides is 1. The van der Waals surface area contributed by atoms with Crippen LogP contribution in [0.15, 0.2) is 36.4 Å². The number of hydrogen-bond donors (Lipinski definition) is 2. The quantitative estimate of drug-likeness (QED) is 0.638. The van der Waals surface area contributed by atoms with Crippen molar-refractivity contribution in [1.82, 2.24) is 14.9 Å². The molecule has 1 aromatic heterocycles. The molecular formula is C21H22F2N4OS. The largest absolute Gasteiger partial charge is 0.337 e. The Labute approximate surface area is 171 Å². The first-order valence-electron chi connectivity index (χ1n) is 9.48. The molecule has 0 atom stereocenters. The van der Waals surface area contributed by atoms with Gasteiger partial charge in [-0.2, -0.15) is 11.8 Å². The second-order valence-electron chi connectivity index (χ2n) is 7.15. The van der Waals surface area contributed by atoms with Crippen LogP contribution in [0.4, 0.5) is 14.5 Å². The fraction of sp³-hybridized carbons (Fsp3) is 0.333. The van der Waals surface area contributed by atoms with Crippen molar-refractivity contribution in [3.05, 3.63) is 58.9 Å². The Hall–Kier alpha value is -2.45. The average Bonchev–Trinajstić information content (AvgIpc) is 3.14. The van der Waals surface area contributed by atoms with Gasteiger partial charge in [0.2, 0.25) is 0 Å². The minimum atomic E-state index is -2.68. The van der Waals surface area contributed by atoms with Crippen LogP contribution in [0, 0.1) is 6.92 Å². The average molecular weight is 416 g/mol. The number of rotatable bonds is 5. The highest BCUT2D eigenvalue weighted by atomic mass is 32.2. The number of H-pyrrole nitrogens is 1. The summed E-state index contributed by atoms with van der Waals surface area (Å²) < 4.78 is 25.6. The maximum Gasteiger partial charge on any atom is 0.295 e. The molecule has 2 N–H and O–H groups in total. The number of carbonyl (C=O) groups excluding carboxylic acids is 1. The number of nitrogens with zero attached hydrogens (tertiary/aromatic N) is 2. The van der Waals surface area contributed by atoms with Crippen LogP contribution in [0.3, 0.4) is 0 Å². The topological polar surface area (TPSA) is 61.0 Å². The number of benzene rings is 2. The molecule has 0 saturated carbocycles. The molecule has 2 heterocycles. The molecule has 1 fully saturated rings. The van der Waals surface area contributed by atoms with E-state index in [2.05, 4.69) is 26.3 Å². The van der Waals surface area contributed by atoms with Crippen molar-refractivity contribution in [2.75, 3.05) is 29.9 Å². The summed E-state index contributed by atoms with van der Waals surface area (Å²) in [6.07, 6.45) is -2.68. The second kappa shape index (κ2) is 8.51. The third-order valence-electron chi connectivity index (χ3n) is 5.02. The van der Waals surface area contributed by atoms with Crippen LogP contribution in [0.1, 0.15) is 33.7 Å². The van der Waals surface area contributed by atoms with Crippen LogP contribution in [-0.2, 0) is 6.54 Å². The zero-order valence-electron chi connectivity index (χ0n) is 16.0.